The molecule has 7 heteroatoms. The average Bonchev–Trinajstić information content (AvgIpc) is 3.03. The van der Waals surface area contributed by atoms with E-state index in [1.165, 1.54) is 0 Å². The van der Waals surface area contributed by atoms with Gasteiger partial charge in [-0.1, -0.05) is 0 Å². The fourth-order valence-corrected chi connectivity index (χ4v) is 4.70. The van der Waals surface area contributed by atoms with Gasteiger partial charge in [0.25, 0.3) is 0 Å². The highest BCUT2D eigenvalue weighted by Crippen LogP contribution is 2.45. The van der Waals surface area contributed by atoms with E-state index in [2.05, 4.69) is 4.98 Å². The molecule has 3 fully saturated rings. The van der Waals surface area contributed by atoms with Crippen LogP contribution in [0.1, 0.15) is 38.5 Å². The standard InChI is InChI=1S/C20H26F2N2O3/c21-20(22)12-15(13-20)18(25)24-8-5-19(6-9-24)16(4-11-27-19)3-10-26-17-2-1-7-23-14-17/h1-2,7,14-16H,3-6,8-13H2. The van der Waals surface area contributed by atoms with Crippen LogP contribution in [0.3, 0.4) is 0 Å². The van der Waals surface area contributed by atoms with Crippen molar-refractivity contribution < 1.29 is 23.0 Å². The van der Waals surface area contributed by atoms with E-state index in [4.69, 9.17) is 9.47 Å². The Hall–Kier alpha value is -1.76. The zero-order valence-electron chi connectivity index (χ0n) is 15.4. The number of hydrogen-bond donors (Lipinski definition) is 0. The van der Waals surface area contributed by atoms with Crippen molar-refractivity contribution in [3.8, 4) is 5.75 Å². The minimum Gasteiger partial charge on any atom is -0.492 e. The maximum atomic E-state index is 13.0. The number of carbonyl (C=O) groups excluding carboxylic acids is 1. The molecule has 1 spiro atoms. The Bertz CT molecular complexity index is 654. The molecule has 1 aromatic rings. The number of hydrogen-bond acceptors (Lipinski definition) is 4. The number of piperidine rings is 1. The van der Waals surface area contributed by atoms with E-state index in [0.717, 1.165) is 38.0 Å². The van der Waals surface area contributed by atoms with Crippen molar-refractivity contribution in [1.82, 2.24) is 9.88 Å². The summed E-state index contributed by atoms with van der Waals surface area (Å²) in [5.41, 5.74) is -0.196. The first-order chi connectivity index (χ1) is 13.0. The van der Waals surface area contributed by atoms with Crippen molar-refractivity contribution in [1.29, 1.82) is 0 Å². The molecule has 2 saturated heterocycles. The monoisotopic (exact) mass is 380 g/mol. The molecule has 3 heterocycles. The van der Waals surface area contributed by atoms with E-state index in [0.29, 0.717) is 25.6 Å². The molecule has 0 radical (unpaired) electrons. The Morgan fingerprint density at radius 3 is 2.78 bits per heavy atom. The van der Waals surface area contributed by atoms with Crippen LogP contribution in [0.5, 0.6) is 5.75 Å². The third-order valence-electron chi connectivity index (χ3n) is 6.33. The first-order valence-corrected chi connectivity index (χ1v) is 9.81. The predicted molar refractivity (Wildman–Crippen MR) is 94.6 cm³/mol. The fourth-order valence-electron chi connectivity index (χ4n) is 4.70. The molecule has 1 atom stereocenters. The van der Waals surface area contributed by atoms with Crippen molar-refractivity contribution in [3.05, 3.63) is 24.5 Å². The number of rotatable bonds is 5. The van der Waals surface area contributed by atoms with Crippen molar-refractivity contribution in [2.45, 2.75) is 50.0 Å². The van der Waals surface area contributed by atoms with Gasteiger partial charge in [0.1, 0.15) is 5.75 Å². The van der Waals surface area contributed by atoms with Crippen molar-refractivity contribution in [2.75, 3.05) is 26.3 Å². The minimum absolute atomic E-state index is 0.106. The quantitative estimate of drug-likeness (QED) is 0.787. The minimum atomic E-state index is -2.65. The molecular weight excluding hydrogens is 354 g/mol. The van der Waals surface area contributed by atoms with Gasteiger partial charge in [-0.2, -0.15) is 0 Å². The van der Waals surface area contributed by atoms with Gasteiger partial charge in [0.15, 0.2) is 0 Å². The SMILES string of the molecule is O=C(C1CC(F)(F)C1)N1CCC2(CC1)OCCC2CCOc1cccnc1. The Morgan fingerprint density at radius 1 is 1.33 bits per heavy atom. The zero-order chi connectivity index (χ0) is 18.9. The molecule has 3 aliphatic rings. The van der Waals surface area contributed by atoms with Crippen molar-refractivity contribution in [3.63, 3.8) is 0 Å². The molecule has 1 amide bonds. The van der Waals surface area contributed by atoms with Crippen LogP contribution >= 0.6 is 0 Å². The number of aromatic nitrogens is 1. The summed E-state index contributed by atoms with van der Waals surface area (Å²) in [6, 6.07) is 3.74. The highest BCUT2D eigenvalue weighted by atomic mass is 19.3. The molecule has 1 saturated carbocycles. The first-order valence-electron chi connectivity index (χ1n) is 9.81. The zero-order valence-corrected chi connectivity index (χ0v) is 15.4. The highest BCUT2D eigenvalue weighted by molar-refractivity contribution is 5.80. The average molecular weight is 380 g/mol. The first kappa shape index (κ1) is 18.6. The third-order valence-corrected chi connectivity index (χ3v) is 6.33. The normalized spacial score (nSPS) is 26.7. The van der Waals surface area contributed by atoms with E-state index in [1.807, 2.05) is 12.1 Å². The maximum Gasteiger partial charge on any atom is 0.249 e. The molecule has 0 aromatic carbocycles. The van der Waals surface area contributed by atoms with Gasteiger partial charge in [-0.05, 0) is 43.7 Å². The lowest BCUT2D eigenvalue weighted by atomic mass is 9.76. The van der Waals surface area contributed by atoms with Gasteiger partial charge >= 0.3 is 0 Å². The van der Waals surface area contributed by atoms with Crippen LogP contribution in [0.25, 0.3) is 0 Å². The largest absolute Gasteiger partial charge is 0.492 e. The summed E-state index contributed by atoms with van der Waals surface area (Å²) in [7, 11) is 0. The second-order valence-electron chi connectivity index (χ2n) is 8.01. The molecule has 0 N–H and O–H groups in total. The van der Waals surface area contributed by atoms with Gasteiger partial charge in [0, 0.05) is 44.7 Å². The van der Waals surface area contributed by atoms with E-state index in [1.54, 1.807) is 17.3 Å². The van der Waals surface area contributed by atoms with Crippen molar-refractivity contribution in [2.24, 2.45) is 11.8 Å². The number of likely N-dealkylation sites (tertiary alicyclic amines) is 1. The second kappa shape index (κ2) is 7.34. The number of pyridine rings is 1. The maximum absolute atomic E-state index is 13.0. The molecular formula is C20H26F2N2O3. The molecule has 1 aliphatic carbocycles. The molecule has 5 nitrogen and oxygen atoms in total. The lowest BCUT2D eigenvalue weighted by Gasteiger charge is -2.44. The van der Waals surface area contributed by atoms with Crippen molar-refractivity contribution >= 4 is 5.91 Å². The van der Waals surface area contributed by atoms with Gasteiger partial charge in [-0.3, -0.25) is 9.78 Å². The van der Waals surface area contributed by atoms with Crippen LogP contribution in [0.4, 0.5) is 8.78 Å². The van der Waals surface area contributed by atoms with E-state index in [9.17, 15) is 13.6 Å². The number of alkyl halides is 2. The number of ether oxygens (including phenoxy) is 2. The Morgan fingerprint density at radius 2 is 2.11 bits per heavy atom. The topological polar surface area (TPSA) is 51.7 Å². The Balaban J connectivity index is 1.27. The van der Waals surface area contributed by atoms with Gasteiger partial charge in [-0.25, -0.2) is 8.78 Å². The summed E-state index contributed by atoms with van der Waals surface area (Å²) in [5.74, 6) is -2.08. The molecule has 148 valence electrons. The number of nitrogens with zero attached hydrogens (tertiary/aromatic N) is 2. The summed E-state index contributed by atoms with van der Waals surface area (Å²) < 4.78 is 38.0. The van der Waals surface area contributed by atoms with Crippen LogP contribution in [0, 0.1) is 11.8 Å². The molecule has 1 aromatic heterocycles. The molecule has 27 heavy (non-hydrogen) atoms. The predicted octanol–water partition coefficient (Wildman–Crippen LogP) is 3.29. The van der Waals surface area contributed by atoms with E-state index in [-0.39, 0.29) is 24.3 Å². The molecule has 4 rings (SSSR count). The summed E-state index contributed by atoms with van der Waals surface area (Å²) >= 11 is 0. The summed E-state index contributed by atoms with van der Waals surface area (Å²) in [6.45, 7) is 2.54. The van der Waals surface area contributed by atoms with Gasteiger partial charge < -0.3 is 14.4 Å². The lowest BCUT2D eigenvalue weighted by Crippen LogP contribution is -2.53. The van der Waals surface area contributed by atoms with Gasteiger partial charge in [0.05, 0.1) is 18.4 Å². The summed E-state index contributed by atoms with van der Waals surface area (Å²) in [5, 5.41) is 0. The fraction of sp³-hybridized carbons (Fsp3) is 0.700. The van der Waals surface area contributed by atoms with E-state index < -0.39 is 11.8 Å². The molecule has 1 unspecified atom stereocenters. The van der Waals surface area contributed by atoms with Crippen LogP contribution in [0.2, 0.25) is 0 Å². The Kier molecular flexibility index (Phi) is 5.05. The number of carbonyl (C=O) groups is 1. The van der Waals surface area contributed by atoms with Gasteiger partial charge in [0.2, 0.25) is 11.8 Å². The summed E-state index contributed by atoms with van der Waals surface area (Å²) in [4.78, 5) is 18.2. The summed E-state index contributed by atoms with van der Waals surface area (Å²) in [6.07, 6.45) is 6.29. The van der Waals surface area contributed by atoms with Crippen LogP contribution in [-0.2, 0) is 9.53 Å². The molecule has 2 aliphatic heterocycles. The lowest BCUT2D eigenvalue weighted by molar-refractivity contribution is -0.164. The smallest absolute Gasteiger partial charge is 0.249 e. The Labute approximate surface area is 158 Å². The van der Waals surface area contributed by atoms with Crippen LogP contribution in [-0.4, -0.2) is 53.6 Å². The van der Waals surface area contributed by atoms with E-state index >= 15 is 0 Å². The third kappa shape index (κ3) is 3.93. The second-order valence-corrected chi connectivity index (χ2v) is 8.01. The number of amides is 1. The van der Waals surface area contributed by atoms with Gasteiger partial charge in [-0.15, -0.1) is 0 Å². The highest BCUT2D eigenvalue weighted by Gasteiger charge is 2.52. The van der Waals surface area contributed by atoms with Crippen LogP contribution < -0.4 is 4.74 Å². The number of halogens is 2. The molecule has 0 bridgehead atoms. The van der Waals surface area contributed by atoms with Crippen LogP contribution in [0.15, 0.2) is 24.5 Å².